The molecule has 0 N–H and O–H groups in total. The predicted molar refractivity (Wildman–Crippen MR) is 199 cm³/mol. The van der Waals surface area contributed by atoms with Gasteiger partial charge in [-0.15, -0.1) is 32.9 Å². The second-order valence-corrected chi connectivity index (χ2v) is 18.3. The van der Waals surface area contributed by atoms with Crippen molar-refractivity contribution in [3.8, 4) is 0 Å². The van der Waals surface area contributed by atoms with Gasteiger partial charge in [-0.25, -0.2) is 19.9 Å². The summed E-state index contributed by atoms with van der Waals surface area (Å²) in [6, 6.07) is 5.85. The maximum absolute atomic E-state index is 4.21. The van der Waals surface area contributed by atoms with Crippen molar-refractivity contribution in [3.05, 3.63) is 86.7 Å². The lowest BCUT2D eigenvalue weighted by molar-refractivity contribution is 0.558. The maximum Gasteiger partial charge on any atom is 0.129 e. The Hall–Kier alpha value is -3.09. The molecule has 0 radical (unpaired) electrons. The lowest BCUT2D eigenvalue weighted by atomic mass is 9.92. The molecule has 0 bridgehead atoms. The smallest absolute Gasteiger partial charge is 0.129 e. The molecule has 0 atom stereocenters. The van der Waals surface area contributed by atoms with Crippen molar-refractivity contribution < 1.29 is 0 Å². The van der Waals surface area contributed by atoms with Gasteiger partial charge in [0.05, 0.1) is 10.7 Å². The van der Waals surface area contributed by atoms with Gasteiger partial charge in [0.1, 0.15) is 28.2 Å². The molecule has 5 heterocycles. The minimum atomic E-state index is 0.119. The van der Waals surface area contributed by atoms with Crippen LogP contribution in [0.5, 0.6) is 0 Å². The van der Waals surface area contributed by atoms with Crippen LogP contribution in [-0.2, 0) is 27.1 Å². The summed E-state index contributed by atoms with van der Waals surface area (Å²) in [5.74, 6) is 0. The van der Waals surface area contributed by atoms with Crippen LogP contribution in [0.1, 0.15) is 130 Å². The molecular formula is C35H55N9S3. The molecule has 0 saturated heterocycles. The fourth-order valence-electron chi connectivity index (χ4n) is 3.03. The molecule has 0 fully saturated rings. The van der Waals surface area contributed by atoms with Crippen molar-refractivity contribution in [2.75, 3.05) is 0 Å². The van der Waals surface area contributed by atoms with Gasteiger partial charge in [-0.05, 0) is 29.7 Å². The molecule has 0 amide bonds. The van der Waals surface area contributed by atoms with Crippen LogP contribution in [0.4, 0.5) is 0 Å². The Kier molecular flexibility index (Phi) is 16.5. The molecule has 258 valence electrons. The van der Waals surface area contributed by atoms with Crippen LogP contribution in [0.2, 0.25) is 0 Å². The number of nitrogens with zero attached hydrogens (tertiary/aromatic N) is 9. The zero-order chi connectivity index (χ0) is 35.9. The summed E-state index contributed by atoms with van der Waals surface area (Å²) in [6.45, 7) is 32.1. The van der Waals surface area contributed by atoms with Crippen molar-refractivity contribution in [1.29, 1.82) is 0 Å². The topological polar surface area (TPSA) is 116 Å². The first-order chi connectivity index (χ1) is 21.5. The highest BCUT2D eigenvalue weighted by Crippen LogP contribution is 2.24. The molecule has 47 heavy (non-hydrogen) atoms. The van der Waals surface area contributed by atoms with E-state index in [1.165, 1.54) is 16.5 Å². The van der Waals surface area contributed by atoms with Crippen molar-refractivity contribution >= 4 is 34.2 Å². The summed E-state index contributed by atoms with van der Waals surface area (Å²) in [7, 11) is 0. The van der Waals surface area contributed by atoms with Crippen LogP contribution in [0.15, 0.2) is 60.3 Å². The Labute approximate surface area is 295 Å². The lowest BCUT2D eigenvalue weighted by Crippen LogP contribution is -2.13. The highest BCUT2D eigenvalue weighted by molar-refractivity contribution is 7.09. The molecule has 0 saturated carbocycles. The average molecular weight is 698 g/mol. The molecule has 0 unspecified atom stereocenters. The lowest BCUT2D eigenvalue weighted by Gasteiger charge is -2.16. The van der Waals surface area contributed by atoms with Crippen LogP contribution >= 0.6 is 34.2 Å². The normalized spacial score (nSPS) is 11.7. The van der Waals surface area contributed by atoms with E-state index in [9.17, 15) is 0 Å². The molecule has 5 aromatic rings. The molecule has 0 aliphatic rings. The summed E-state index contributed by atoms with van der Waals surface area (Å²) in [5, 5.41) is 20.9. The minimum absolute atomic E-state index is 0.119. The second-order valence-electron chi connectivity index (χ2n) is 15.8. The maximum atomic E-state index is 4.21. The molecule has 0 aromatic carbocycles. The molecule has 5 aromatic heterocycles. The summed E-state index contributed by atoms with van der Waals surface area (Å²) in [5.41, 5.74) is 4.71. The van der Waals surface area contributed by atoms with E-state index >= 15 is 0 Å². The molecule has 9 nitrogen and oxygen atoms in total. The van der Waals surface area contributed by atoms with Gasteiger partial charge >= 0.3 is 0 Å². The number of hydrogen-bond acceptors (Lipinski definition) is 12. The van der Waals surface area contributed by atoms with E-state index in [1.54, 1.807) is 53.2 Å². The molecule has 5 rings (SSSR count). The Balaban J connectivity index is 0.000000294. The van der Waals surface area contributed by atoms with Gasteiger partial charge in [0, 0.05) is 56.7 Å². The van der Waals surface area contributed by atoms with Crippen molar-refractivity contribution in [2.24, 2.45) is 0 Å². The van der Waals surface area contributed by atoms with Gasteiger partial charge in [0.25, 0.3) is 0 Å². The third-order valence-corrected chi connectivity index (χ3v) is 9.18. The van der Waals surface area contributed by atoms with Crippen molar-refractivity contribution in [2.45, 2.75) is 131 Å². The van der Waals surface area contributed by atoms with Gasteiger partial charge in [0.15, 0.2) is 0 Å². The Morgan fingerprint density at radius 1 is 0.489 bits per heavy atom. The van der Waals surface area contributed by atoms with Crippen LogP contribution in [0, 0.1) is 0 Å². The zero-order valence-corrected chi connectivity index (χ0v) is 33.5. The van der Waals surface area contributed by atoms with E-state index in [0.29, 0.717) is 0 Å². The van der Waals surface area contributed by atoms with Gasteiger partial charge < -0.3 is 0 Å². The van der Waals surface area contributed by atoms with Crippen LogP contribution in [-0.4, -0.2) is 44.7 Å². The number of rotatable bonds is 0. The number of aromatic nitrogens is 9. The Bertz CT molecular complexity index is 1300. The fraction of sp³-hybridized carbons (Fsp3) is 0.571. The van der Waals surface area contributed by atoms with Crippen LogP contribution < -0.4 is 0 Å². The SMILES string of the molecule is CC(C)(C)c1cccnn1.CC(C)(C)c1ccncn1.CC(C)(C)c1nccs1.CC(C)(C)c1ncns1.CC(C)(C)c1nncs1. The minimum Gasteiger partial charge on any atom is -0.249 e. The highest BCUT2D eigenvalue weighted by atomic mass is 32.1. The average Bonchev–Trinajstić information content (AvgIpc) is 3.77. The van der Waals surface area contributed by atoms with Gasteiger partial charge in [0.2, 0.25) is 0 Å². The van der Waals surface area contributed by atoms with E-state index in [0.717, 1.165) is 21.4 Å². The molecule has 12 heteroatoms. The largest absolute Gasteiger partial charge is 0.249 e. The quantitative estimate of drug-likeness (QED) is 0.156. The fourth-order valence-corrected chi connectivity index (χ4v) is 4.96. The van der Waals surface area contributed by atoms with Gasteiger partial charge in [-0.3, -0.25) is 0 Å². The molecule has 0 spiro atoms. The summed E-state index contributed by atoms with van der Waals surface area (Å²) >= 11 is 4.80. The van der Waals surface area contributed by atoms with Crippen molar-refractivity contribution in [1.82, 2.24) is 44.7 Å². The number of hydrogen-bond donors (Lipinski definition) is 0. The molecule has 0 aliphatic carbocycles. The summed E-state index contributed by atoms with van der Waals surface area (Å²) < 4.78 is 3.92. The highest BCUT2D eigenvalue weighted by Gasteiger charge is 2.18. The molecule has 0 aliphatic heterocycles. The third-order valence-electron chi connectivity index (χ3n) is 5.77. The Morgan fingerprint density at radius 3 is 1.36 bits per heavy atom. The third kappa shape index (κ3) is 17.6. The van der Waals surface area contributed by atoms with E-state index in [-0.39, 0.29) is 27.1 Å². The van der Waals surface area contributed by atoms with Crippen LogP contribution in [0.25, 0.3) is 0 Å². The second kappa shape index (κ2) is 18.5. The molecular weight excluding hydrogens is 643 g/mol. The van der Waals surface area contributed by atoms with E-state index in [1.807, 2.05) is 29.8 Å². The Morgan fingerprint density at radius 2 is 1.11 bits per heavy atom. The van der Waals surface area contributed by atoms with Crippen molar-refractivity contribution in [3.63, 3.8) is 0 Å². The monoisotopic (exact) mass is 697 g/mol. The van der Waals surface area contributed by atoms with Crippen LogP contribution in [0.3, 0.4) is 0 Å². The van der Waals surface area contributed by atoms with E-state index in [4.69, 9.17) is 0 Å². The van der Waals surface area contributed by atoms with E-state index < -0.39 is 0 Å². The standard InChI is InChI=1S/2C8H12N2.C7H11NS.2C6H10N2S/c1-8(2,3)7-4-5-9-6-10-7;1-8(2,3)7-5-4-6-9-10-7;1-7(2,3)6-8-4-5-9-6;1-6(2,3)5-8-7-4-9-5;1-6(2,3)5-7-4-8-9-5/h2*4-6H,1-3H3;4-5H,1-3H3;2*4H,1-3H3. The van der Waals surface area contributed by atoms with Gasteiger partial charge in [-0.1, -0.05) is 104 Å². The predicted octanol–water partition coefficient (Wildman–Crippen LogP) is 9.66. The summed E-state index contributed by atoms with van der Waals surface area (Å²) in [6.07, 6.45) is 8.50. The number of thiazole rings is 1. The first-order valence-electron chi connectivity index (χ1n) is 15.5. The van der Waals surface area contributed by atoms with Gasteiger partial charge in [-0.2, -0.15) is 14.6 Å². The first kappa shape index (κ1) is 41.9. The summed E-state index contributed by atoms with van der Waals surface area (Å²) in [4.78, 5) is 16.3. The van der Waals surface area contributed by atoms with E-state index in [2.05, 4.69) is 149 Å². The first-order valence-corrected chi connectivity index (χ1v) is 18.0. The zero-order valence-electron chi connectivity index (χ0n) is 31.0.